The lowest BCUT2D eigenvalue weighted by molar-refractivity contribution is 0.632. The number of nitrogens with one attached hydrogen (secondary N) is 2. The van der Waals surface area contributed by atoms with Crippen molar-refractivity contribution in [2.75, 3.05) is 10.6 Å². The summed E-state index contributed by atoms with van der Waals surface area (Å²) in [6, 6.07) is 11.6. The van der Waals surface area contributed by atoms with Gasteiger partial charge in [-0.25, -0.2) is 4.39 Å². The fourth-order valence-electron chi connectivity index (χ4n) is 2.21. The Kier molecular flexibility index (Phi) is 5.53. The highest BCUT2D eigenvalue weighted by molar-refractivity contribution is 7.80. The standard InChI is InChI=1S/C17H13Cl2FN4S/c18-13-4-3-5-14(19)12(13)10-24-9-11(8-21-24)22-17(25)23-16-7-2-1-6-15(16)20/h1-9H,10H2,(H2,22,23,25). The normalized spacial score (nSPS) is 10.5. The van der Waals surface area contributed by atoms with Gasteiger partial charge in [0.05, 0.1) is 24.1 Å². The average Bonchev–Trinajstić information content (AvgIpc) is 3.00. The third kappa shape index (κ3) is 4.48. The molecule has 3 aromatic rings. The summed E-state index contributed by atoms with van der Waals surface area (Å²) in [4.78, 5) is 0. The molecular formula is C17H13Cl2FN4S. The van der Waals surface area contributed by atoms with Crippen molar-refractivity contribution in [3.63, 3.8) is 0 Å². The van der Waals surface area contributed by atoms with Crippen molar-refractivity contribution >= 4 is 51.9 Å². The van der Waals surface area contributed by atoms with E-state index in [2.05, 4.69) is 15.7 Å². The van der Waals surface area contributed by atoms with Gasteiger partial charge >= 0.3 is 0 Å². The van der Waals surface area contributed by atoms with Gasteiger partial charge in [-0.3, -0.25) is 4.68 Å². The Morgan fingerprint density at radius 3 is 2.52 bits per heavy atom. The molecule has 0 saturated heterocycles. The molecule has 0 atom stereocenters. The van der Waals surface area contributed by atoms with Crippen LogP contribution in [0.5, 0.6) is 0 Å². The summed E-state index contributed by atoms with van der Waals surface area (Å²) in [6.07, 6.45) is 3.37. The number of para-hydroxylation sites is 1. The van der Waals surface area contributed by atoms with Crippen LogP contribution < -0.4 is 10.6 Å². The van der Waals surface area contributed by atoms with Crippen molar-refractivity contribution in [3.05, 3.63) is 76.3 Å². The first-order valence-electron chi connectivity index (χ1n) is 7.31. The van der Waals surface area contributed by atoms with Crippen LogP contribution in [0.25, 0.3) is 0 Å². The Labute approximate surface area is 159 Å². The predicted molar refractivity (Wildman–Crippen MR) is 104 cm³/mol. The fourth-order valence-corrected chi connectivity index (χ4v) is 2.95. The maximum atomic E-state index is 13.6. The molecule has 2 N–H and O–H groups in total. The molecule has 8 heteroatoms. The Bertz CT molecular complexity index is 893. The highest BCUT2D eigenvalue weighted by Crippen LogP contribution is 2.25. The monoisotopic (exact) mass is 394 g/mol. The van der Waals surface area contributed by atoms with Crippen LogP contribution in [0.4, 0.5) is 15.8 Å². The minimum Gasteiger partial charge on any atom is -0.330 e. The molecule has 0 radical (unpaired) electrons. The molecule has 25 heavy (non-hydrogen) atoms. The van der Waals surface area contributed by atoms with Gasteiger partial charge in [-0.2, -0.15) is 5.10 Å². The first-order valence-corrected chi connectivity index (χ1v) is 8.47. The van der Waals surface area contributed by atoms with E-state index in [1.165, 1.54) is 6.07 Å². The molecule has 0 unspecified atom stereocenters. The number of aromatic nitrogens is 2. The molecule has 2 aromatic carbocycles. The van der Waals surface area contributed by atoms with Crippen LogP contribution in [0.15, 0.2) is 54.9 Å². The molecule has 0 amide bonds. The molecular weight excluding hydrogens is 382 g/mol. The Balaban J connectivity index is 1.66. The van der Waals surface area contributed by atoms with E-state index in [-0.39, 0.29) is 10.9 Å². The Hall–Kier alpha value is -2.15. The zero-order valence-electron chi connectivity index (χ0n) is 12.8. The minimum absolute atomic E-state index is 0.264. The fraction of sp³-hybridized carbons (Fsp3) is 0.0588. The lowest BCUT2D eigenvalue weighted by atomic mass is 10.2. The van der Waals surface area contributed by atoms with Crippen LogP contribution in [-0.4, -0.2) is 14.9 Å². The second kappa shape index (κ2) is 7.82. The summed E-state index contributed by atoms with van der Waals surface area (Å²) in [6.45, 7) is 0.424. The lowest BCUT2D eigenvalue weighted by Crippen LogP contribution is -2.19. The van der Waals surface area contributed by atoms with E-state index in [1.807, 2.05) is 0 Å². The van der Waals surface area contributed by atoms with Gasteiger partial charge in [-0.1, -0.05) is 41.4 Å². The number of hydrogen-bond donors (Lipinski definition) is 2. The Morgan fingerprint density at radius 1 is 1.08 bits per heavy atom. The number of halogens is 3. The van der Waals surface area contributed by atoms with Crippen molar-refractivity contribution in [2.24, 2.45) is 0 Å². The zero-order valence-corrected chi connectivity index (χ0v) is 15.2. The van der Waals surface area contributed by atoms with E-state index >= 15 is 0 Å². The molecule has 0 aliphatic heterocycles. The molecule has 0 spiro atoms. The average molecular weight is 395 g/mol. The van der Waals surface area contributed by atoms with Crippen molar-refractivity contribution < 1.29 is 4.39 Å². The number of nitrogens with zero attached hydrogens (tertiary/aromatic N) is 2. The third-order valence-electron chi connectivity index (χ3n) is 3.39. The van der Waals surface area contributed by atoms with E-state index in [4.69, 9.17) is 35.4 Å². The van der Waals surface area contributed by atoms with Gasteiger partial charge in [0.15, 0.2) is 5.11 Å². The molecule has 0 saturated carbocycles. The largest absolute Gasteiger partial charge is 0.330 e. The number of anilines is 2. The summed E-state index contributed by atoms with van der Waals surface area (Å²) in [5.74, 6) is -0.379. The van der Waals surface area contributed by atoms with E-state index in [9.17, 15) is 4.39 Å². The van der Waals surface area contributed by atoms with Gasteiger partial charge in [0.2, 0.25) is 0 Å². The van der Waals surface area contributed by atoms with Gasteiger partial charge in [-0.05, 0) is 36.5 Å². The predicted octanol–water partition coefficient (Wildman–Crippen LogP) is 5.19. The molecule has 0 bridgehead atoms. The zero-order chi connectivity index (χ0) is 17.8. The van der Waals surface area contributed by atoms with Gasteiger partial charge in [0.25, 0.3) is 0 Å². The molecule has 1 heterocycles. The van der Waals surface area contributed by atoms with Crippen LogP contribution >= 0.6 is 35.4 Å². The second-order valence-electron chi connectivity index (χ2n) is 5.19. The van der Waals surface area contributed by atoms with Gasteiger partial charge < -0.3 is 10.6 Å². The van der Waals surface area contributed by atoms with Crippen molar-refractivity contribution in [3.8, 4) is 0 Å². The molecule has 1 aromatic heterocycles. The van der Waals surface area contributed by atoms with E-state index in [0.29, 0.717) is 28.0 Å². The highest BCUT2D eigenvalue weighted by atomic mass is 35.5. The molecule has 3 rings (SSSR count). The first kappa shape index (κ1) is 17.7. The molecule has 0 aliphatic carbocycles. The number of rotatable bonds is 4. The second-order valence-corrected chi connectivity index (χ2v) is 6.41. The van der Waals surface area contributed by atoms with Crippen molar-refractivity contribution in [1.29, 1.82) is 0 Å². The van der Waals surface area contributed by atoms with E-state index < -0.39 is 0 Å². The topological polar surface area (TPSA) is 41.9 Å². The Morgan fingerprint density at radius 2 is 1.80 bits per heavy atom. The third-order valence-corrected chi connectivity index (χ3v) is 4.31. The molecule has 0 fully saturated rings. The minimum atomic E-state index is -0.379. The van der Waals surface area contributed by atoms with Crippen LogP contribution in [0.3, 0.4) is 0 Å². The number of thiocarbonyl (C=S) groups is 1. The molecule has 4 nitrogen and oxygen atoms in total. The summed E-state index contributed by atoms with van der Waals surface area (Å²) in [5.41, 5.74) is 1.75. The maximum absolute atomic E-state index is 13.6. The van der Waals surface area contributed by atoms with Crippen LogP contribution in [0.1, 0.15) is 5.56 Å². The van der Waals surface area contributed by atoms with Gasteiger partial charge in [0, 0.05) is 21.8 Å². The summed E-state index contributed by atoms with van der Waals surface area (Å²) in [7, 11) is 0. The number of hydrogen-bond acceptors (Lipinski definition) is 2. The summed E-state index contributed by atoms with van der Waals surface area (Å²) >= 11 is 17.5. The van der Waals surface area contributed by atoms with Crippen molar-refractivity contribution in [1.82, 2.24) is 9.78 Å². The smallest absolute Gasteiger partial charge is 0.175 e. The first-order chi connectivity index (χ1) is 12.0. The highest BCUT2D eigenvalue weighted by Gasteiger charge is 2.09. The van der Waals surface area contributed by atoms with E-state index in [0.717, 1.165) is 5.56 Å². The lowest BCUT2D eigenvalue weighted by Gasteiger charge is -2.09. The quantitative estimate of drug-likeness (QED) is 0.597. The van der Waals surface area contributed by atoms with E-state index in [1.54, 1.807) is 53.5 Å². The SMILES string of the molecule is Fc1ccccc1NC(=S)Nc1cnn(Cc2c(Cl)cccc2Cl)c1. The summed E-state index contributed by atoms with van der Waals surface area (Å²) < 4.78 is 15.3. The molecule has 0 aliphatic rings. The van der Waals surface area contributed by atoms with Gasteiger partial charge in [-0.15, -0.1) is 0 Å². The van der Waals surface area contributed by atoms with Gasteiger partial charge in [0.1, 0.15) is 5.82 Å². The van der Waals surface area contributed by atoms with Crippen LogP contribution in [-0.2, 0) is 6.54 Å². The summed E-state index contributed by atoms with van der Waals surface area (Å²) in [5, 5.41) is 11.4. The maximum Gasteiger partial charge on any atom is 0.175 e. The van der Waals surface area contributed by atoms with Crippen LogP contribution in [0.2, 0.25) is 10.0 Å². The van der Waals surface area contributed by atoms with Crippen molar-refractivity contribution in [2.45, 2.75) is 6.54 Å². The van der Waals surface area contributed by atoms with Crippen LogP contribution in [0, 0.1) is 5.82 Å². The number of benzene rings is 2. The molecule has 128 valence electrons.